The predicted molar refractivity (Wildman–Crippen MR) is 89.8 cm³/mol. The van der Waals surface area contributed by atoms with Gasteiger partial charge in [-0.25, -0.2) is 4.79 Å². The largest absolute Gasteiger partial charge is 0.768 e. The fraction of sp³-hybridized carbons (Fsp3) is 0.235. The van der Waals surface area contributed by atoms with Gasteiger partial charge in [-0.1, -0.05) is 42.0 Å². The first-order valence-electron chi connectivity index (χ1n) is 7.03. The van der Waals surface area contributed by atoms with Crippen molar-refractivity contribution in [3.8, 4) is 11.1 Å². The van der Waals surface area contributed by atoms with Crippen LogP contribution in [0.5, 0.6) is 0 Å². The predicted octanol–water partition coefficient (Wildman–Crippen LogP) is 2.80. The Morgan fingerprint density at radius 2 is 1.58 bits per heavy atom. The maximum Gasteiger partial charge on any atom is 0.276 e. The number of carbonyl (C=O) groups excluding carboxylic acids is 1. The molecular weight excluding hydrogens is 330 g/mol. The summed E-state index contributed by atoms with van der Waals surface area (Å²) in [6.07, 6.45) is 1.22. The van der Waals surface area contributed by atoms with Gasteiger partial charge in [-0.3, -0.25) is 4.21 Å². The summed E-state index contributed by atoms with van der Waals surface area (Å²) in [7, 11) is 1.54. The number of aryl methyl sites for hydroxylation is 1. The monoisotopic (exact) mass is 348 g/mol. The number of isocyanates is 1. The Balaban J connectivity index is 0.000000307. The fourth-order valence-corrected chi connectivity index (χ4v) is 2.06. The number of methoxy groups -OCH3 is 1. The molecule has 0 radical (unpaired) electrons. The van der Waals surface area contributed by atoms with Gasteiger partial charge >= 0.3 is 0 Å². The Morgan fingerprint density at radius 3 is 2.04 bits per heavy atom. The molecule has 128 valence electrons. The molecule has 2 aromatic rings. The van der Waals surface area contributed by atoms with E-state index in [1.807, 2.05) is 43.3 Å². The molecule has 0 spiro atoms. The van der Waals surface area contributed by atoms with Gasteiger partial charge in [-0.15, -0.1) is 0 Å². The third kappa shape index (κ3) is 7.30. The molecule has 0 saturated carbocycles. The first-order valence-corrected chi connectivity index (χ1v) is 8.10. The lowest BCUT2D eigenvalue weighted by Gasteiger charge is -2.06. The van der Waals surface area contributed by atoms with Crippen LogP contribution in [0, 0.1) is 6.92 Å². The molecule has 24 heavy (non-hydrogen) atoms. The van der Waals surface area contributed by atoms with Gasteiger partial charge in [0, 0.05) is 17.2 Å². The van der Waals surface area contributed by atoms with Crippen molar-refractivity contribution in [1.82, 2.24) is 0 Å². The van der Waals surface area contributed by atoms with E-state index in [1.165, 1.54) is 18.8 Å². The summed E-state index contributed by atoms with van der Waals surface area (Å²) < 4.78 is 26.0. The van der Waals surface area contributed by atoms with E-state index >= 15 is 0 Å². The third-order valence-corrected chi connectivity index (χ3v) is 3.57. The van der Waals surface area contributed by atoms with Crippen LogP contribution in [0.25, 0.3) is 11.1 Å². The zero-order valence-electron chi connectivity index (χ0n) is 13.4. The fourth-order valence-electron chi connectivity index (χ4n) is 1.70. The van der Waals surface area contributed by atoms with Crippen molar-refractivity contribution in [2.45, 2.75) is 11.8 Å². The van der Waals surface area contributed by atoms with E-state index < -0.39 is 11.1 Å². The van der Waals surface area contributed by atoms with Crippen LogP contribution in [-0.2, 0) is 25.4 Å². The van der Waals surface area contributed by atoms with Crippen molar-refractivity contribution in [2.24, 2.45) is 5.16 Å². The second-order valence-electron chi connectivity index (χ2n) is 4.63. The number of ether oxygens (including phenoxy) is 1. The summed E-state index contributed by atoms with van der Waals surface area (Å²) >= 11 is -2.15. The Labute approximate surface area is 143 Å². The molecule has 0 saturated heterocycles. The standard InChI is InChI=1S/C13H12O2S.C4H7NO3/c1-10-2-4-11(5-3-10)12-6-8-13(9-7-12)16(14)15;1-7-2-3-8-5-4-6/h2-9H,1H3,(H,14,15);2-3H2,1H3/p-1. The molecule has 2 aromatic carbocycles. The highest BCUT2D eigenvalue weighted by atomic mass is 32.2. The van der Waals surface area contributed by atoms with Gasteiger partial charge in [0.2, 0.25) is 0 Å². The van der Waals surface area contributed by atoms with Crippen molar-refractivity contribution >= 4 is 17.2 Å². The Bertz CT molecular complexity index is 679. The van der Waals surface area contributed by atoms with Crippen molar-refractivity contribution in [3.63, 3.8) is 0 Å². The number of hydrogen-bond donors (Lipinski definition) is 0. The summed E-state index contributed by atoms with van der Waals surface area (Å²) in [5.41, 5.74) is 3.32. The van der Waals surface area contributed by atoms with Crippen LogP contribution in [-0.4, -0.2) is 35.2 Å². The van der Waals surface area contributed by atoms with Crippen molar-refractivity contribution in [2.75, 3.05) is 20.3 Å². The van der Waals surface area contributed by atoms with Crippen molar-refractivity contribution in [3.05, 3.63) is 54.1 Å². The highest BCUT2D eigenvalue weighted by molar-refractivity contribution is 7.79. The molecule has 1 unspecified atom stereocenters. The van der Waals surface area contributed by atoms with Crippen LogP contribution in [0.4, 0.5) is 0 Å². The van der Waals surface area contributed by atoms with E-state index in [2.05, 4.69) is 14.7 Å². The molecule has 0 aliphatic carbocycles. The Morgan fingerprint density at radius 1 is 1.04 bits per heavy atom. The Kier molecular flexibility index (Phi) is 9.26. The molecule has 7 heteroatoms. The minimum atomic E-state index is -2.15. The molecule has 2 rings (SSSR count). The van der Waals surface area contributed by atoms with Gasteiger partial charge in [-0.2, -0.15) is 0 Å². The molecular formula is C17H18NO5S-. The summed E-state index contributed by atoms with van der Waals surface area (Å²) in [6, 6.07) is 15.0. The number of hydrogen-bond acceptors (Lipinski definition) is 6. The molecule has 1 atom stereocenters. The lowest BCUT2D eigenvalue weighted by Crippen LogP contribution is -1.96. The highest BCUT2D eigenvalue weighted by Crippen LogP contribution is 2.20. The number of nitrogens with zero attached hydrogens (tertiary/aromatic N) is 1. The quantitative estimate of drug-likeness (QED) is 0.263. The molecule has 0 bridgehead atoms. The van der Waals surface area contributed by atoms with Gasteiger partial charge < -0.3 is 14.1 Å². The summed E-state index contributed by atoms with van der Waals surface area (Å²) in [5, 5.41) is 2.82. The Hall–Kier alpha value is -2.31. The smallest absolute Gasteiger partial charge is 0.276 e. The molecule has 0 aromatic heterocycles. The van der Waals surface area contributed by atoms with Crippen molar-refractivity contribution in [1.29, 1.82) is 0 Å². The van der Waals surface area contributed by atoms with Crippen LogP contribution >= 0.6 is 0 Å². The minimum absolute atomic E-state index is 0.297. The average Bonchev–Trinajstić information content (AvgIpc) is 2.60. The van der Waals surface area contributed by atoms with E-state index in [9.17, 15) is 13.6 Å². The number of rotatable bonds is 6. The molecule has 0 fully saturated rings. The number of benzene rings is 2. The van der Waals surface area contributed by atoms with Crippen LogP contribution in [0.2, 0.25) is 0 Å². The van der Waals surface area contributed by atoms with Crippen LogP contribution in [0.3, 0.4) is 0 Å². The van der Waals surface area contributed by atoms with Gasteiger partial charge in [0.15, 0.2) is 0 Å². The molecule has 0 amide bonds. The van der Waals surface area contributed by atoms with E-state index in [0.29, 0.717) is 18.1 Å². The SMILES string of the molecule is COCCON=C=O.Cc1ccc(-c2ccc(S(=O)[O-])cc2)cc1. The first kappa shape index (κ1) is 19.7. The van der Waals surface area contributed by atoms with Gasteiger partial charge in [-0.05, 0) is 41.3 Å². The summed E-state index contributed by atoms with van der Waals surface area (Å²) in [5.74, 6) is 0. The summed E-state index contributed by atoms with van der Waals surface area (Å²) in [4.78, 5) is 13.9. The minimum Gasteiger partial charge on any atom is -0.768 e. The molecule has 0 heterocycles. The van der Waals surface area contributed by atoms with E-state index in [-0.39, 0.29) is 0 Å². The van der Waals surface area contributed by atoms with E-state index in [1.54, 1.807) is 12.1 Å². The van der Waals surface area contributed by atoms with Gasteiger partial charge in [0.1, 0.15) is 6.61 Å². The lowest BCUT2D eigenvalue weighted by atomic mass is 10.0. The third-order valence-electron chi connectivity index (χ3n) is 2.91. The summed E-state index contributed by atoms with van der Waals surface area (Å²) in [6.45, 7) is 2.77. The molecule has 6 nitrogen and oxygen atoms in total. The molecule has 0 aliphatic heterocycles. The second kappa shape index (κ2) is 11.3. The maximum absolute atomic E-state index is 10.7. The zero-order chi connectivity index (χ0) is 17.8. The topological polar surface area (TPSA) is 88.0 Å². The highest BCUT2D eigenvalue weighted by Gasteiger charge is 1.97. The second-order valence-corrected chi connectivity index (χ2v) is 5.57. The van der Waals surface area contributed by atoms with Gasteiger partial charge in [0.05, 0.1) is 6.61 Å². The van der Waals surface area contributed by atoms with Gasteiger partial charge in [0.25, 0.3) is 6.08 Å². The lowest BCUT2D eigenvalue weighted by molar-refractivity contribution is 0.0749. The first-order chi connectivity index (χ1) is 11.6. The average molecular weight is 348 g/mol. The van der Waals surface area contributed by atoms with Crippen molar-refractivity contribution < 1.29 is 23.1 Å². The van der Waals surface area contributed by atoms with Crippen LogP contribution in [0.15, 0.2) is 58.6 Å². The molecule has 0 N–H and O–H groups in total. The maximum atomic E-state index is 10.7. The zero-order valence-corrected chi connectivity index (χ0v) is 14.2. The van der Waals surface area contributed by atoms with E-state index in [4.69, 9.17) is 0 Å². The normalized spacial score (nSPS) is 10.8. The van der Waals surface area contributed by atoms with Crippen LogP contribution < -0.4 is 0 Å². The molecule has 0 aliphatic rings. The van der Waals surface area contributed by atoms with Crippen LogP contribution in [0.1, 0.15) is 5.56 Å². The van der Waals surface area contributed by atoms with E-state index in [0.717, 1.165) is 11.1 Å².